The van der Waals surface area contributed by atoms with Crippen LogP contribution in [0.4, 0.5) is 27.9 Å². The molecule has 3 aromatic rings. The van der Waals surface area contributed by atoms with Crippen molar-refractivity contribution in [1.82, 2.24) is 14.9 Å². The molecule has 1 aliphatic heterocycles. The van der Waals surface area contributed by atoms with Crippen LogP contribution in [-0.4, -0.2) is 59.4 Å². The predicted molar refractivity (Wildman–Crippen MR) is 180 cm³/mol. The fourth-order valence-corrected chi connectivity index (χ4v) is 6.06. The Hall–Kier alpha value is -3.83. The Morgan fingerprint density at radius 3 is 2.40 bits per heavy atom. The lowest BCUT2D eigenvalue weighted by Gasteiger charge is -2.30. The van der Waals surface area contributed by atoms with Gasteiger partial charge in [0.15, 0.2) is 15.7 Å². The molecule has 1 aromatic heterocycles. The summed E-state index contributed by atoms with van der Waals surface area (Å²) in [5.74, 6) is 1.11. The monoisotopic (exact) mass is 655 g/mol. The van der Waals surface area contributed by atoms with E-state index in [0.29, 0.717) is 36.6 Å². The van der Waals surface area contributed by atoms with Crippen molar-refractivity contribution in [2.75, 3.05) is 23.7 Å². The molecule has 10 nitrogen and oxygen atoms in total. The van der Waals surface area contributed by atoms with E-state index in [2.05, 4.69) is 26.7 Å². The van der Waals surface area contributed by atoms with Crippen LogP contribution in [-0.2, 0) is 14.6 Å². The first-order valence-electron chi connectivity index (χ1n) is 14.9. The Morgan fingerprint density at radius 2 is 1.78 bits per heavy atom. The number of halogens is 1. The molecule has 45 heavy (non-hydrogen) atoms. The number of benzene rings is 2. The first-order valence-corrected chi connectivity index (χ1v) is 16.9. The van der Waals surface area contributed by atoms with E-state index in [4.69, 9.17) is 21.1 Å². The molecule has 4 rings (SSSR count). The van der Waals surface area contributed by atoms with Crippen LogP contribution < -0.4 is 15.4 Å². The second-order valence-corrected chi connectivity index (χ2v) is 15.3. The van der Waals surface area contributed by atoms with Crippen molar-refractivity contribution < 1.29 is 22.7 Å². The van der Waals surface area contributed by atoms with Gasteiger partial charge in [0, 0.05) is 13.1 Å². The van der Waals surface area contributed by atoms with Gasteiger partial charge in [0.2, 0.25) is 5.95 Å². The minimum absolute atomic E-state index is 0.105. The number of anilines is 4. The molecule has 0 bridgehead atoms. The van der Waals surface area contributed by atoms with Gasteiger partial charge in [-0.05, 0) is 103 Å². The number of para-hydroxylation sites is 1. The number of carbonyl (C=O) groups is 1. The second-order valence-electron chi connectivity index (χ2n) is 12.5. The maximum Gasteiger partial charge on any atom is 0.410 e. The van der Waals surface area contributed by atoms with Gasteiger partial charge >= 0.3 is 6.09 Å². The highest BCUT2D eigenvalue weighted by Gasteiger charge is 2.26. The van der Waals surface area contributed by atoms with Crippen LogP contribution in [0, 0.1) is 6.92 Å². The van der Waals surface area contributed by atoms with Crippen molar-refractivity contribution in [1.29, 1.82) is 0 Å². The van der Waals surface area contributed by atoms with Gasteiger partial charge in [-0.1, -0.05) is 29.8 Å². The summed E-state index contributed by atoms with van der Waals surface area (Å²) in [5, 5.41) is 5.97. The summed E-state index contributed by atoms with van der Waals surface area (Å²) >= 11 is 6.44. The molecule has 1 amide bonds. The third-order valence-corrected chi connectivity index (χ3v) is 9.44. The summed E-state index contributed by atoms with van der Waals surface area (Å²) in [6.07, 6.45) is 3.76. The van der Waals surface area contributed by atoms with E-state index in [1.165, 1.54) is 6.20 Å². The fourth-order valence-electron chi connectivity index (χ4n) is 4.72. The van der Waals surface area contributed by atoms with Gasteiger partial charge in [-0.2, -0.15) is 4.98 Å². The summed E-state index contributed by atoms with van der Waals surface area (Å²) in [6.45, 7) is 15.8. The summed E-state index contributed by atoms with van der Waals surface area (Å²) < 4.78 is 37.7. The van der Waals surface area contributed by atoms with E-state index < -0.39 is 20.7 Å². The van der Waals surface area contributed by atoms with Crippen LogP contribution in [0.15, 0.2) is 53.6 Å². The highest BCUT2D eigenvalue weighted by Crippen LogP contribution is 2.37. The summed E-state index contributed by atoms with van der Waals surface area (Å²) in [5.41, 5.74) is 3.64. The van der Waals surface area contributed by atoms with Crippen LogP contribution in [0.2, 0.25) is 5.02 Å². The maximum atomic E-state index is 13.0. The number of nitrogens with zero attached hydrogens (tertiary/aromatic N) is 3. The van der Waals surface area contributed by atoms with Crippen molar-refractivity contribution in [2.45, 2.75) is 83.7 Å². The number of ether oxygens (including phenoxy) is 2. The molecule has 0 fully saturated rings. The minimum Gasteiger partial charge on any atom is -0.489 e. The first-order chi connectivity index (χ1) is 21.0. The SMILES string of the molecule is Cc1cc(Nc2ncc(Cl)c(Nc3ccccc3S(=O)(=O)C(C)C)n2)c(OC(C)C)cc1C1=CCN(C(=O)OC(C)(C)C)CC1. The molecule has 1 aliphatic rings. The van der Waals surface area contributed by atoms with E-state index >= 15 is 0 Å². The Labute approximate surface area is 271 Å². The van der Waals surface area contributed by atoms with Crippen LogP contribution in [0.5, 0.6) is 5.75 Å². The zero-order valence-corrected chi connectivity index (χ0v) is 28.6. The number of hydrogen-bond acceptors (Lipinski definition) is 9. The lowest BCUT2D eigenvalue weighted by Crippen LogP contribution is -2.39. The molecule has 0 aliphatic carbocycles. The molecule has 0 saturated heterocycles. The van der Waals surface area contributed by atoms with Gasteiger partial charge in [0.1, 0.15) is 16.4 Å². The van der Waals surface area contributed by atoms with Gasteiger partial charge in [-0.3, -0.25) is 0 Å². The number of carbonyl (C=O) groups excluding carboxylic acids is 1. The van der Waals surface area contributed by atoms with E-state index in [1.54, 1.807) is 43.0 Å². The number of aryl methyl sites for hydroxylation is 1. The van der Waals surface area contributed by atoms with Crippen LogP contribution in [0.3, 0.4) is 0 Å². The zero-order chi connectivity index (χ0) is 33.1. The Kier molecular flexibility index (Phi) is 10.3. The number of amides is 1. The Morgan fingerprint density at radius 1 is 1.07 bits per heavy atom. The quantitative estimate of drug-likeness (QED) is 0.237. The molecule has 0 unspecified atom stereocenters. The molecule has 0 radical (unpaired) electrons. The Balaban J connectivity index is 1.61. The minimum atomic E-state index is -3.56. The third kappa shape index (κ3) is 8.46. The topological polar surface area (TPSA) is 123 Å². The molecule has 0 spiro atoms. The molecule has 0 atom stereocenters. The van der Waals surface area contributed by atoms with Crippen LogP contribution >= 0.6 is 11.6 Å². The Bertz CT molecular complexity index is 1700. The molecule has 12 heteroatoms. The third-order valence-electron chi connectivity index (χ3n) is 6.95. The summed E-state index contributed by atoms with van der Waals surface area (Å²) in [6, 6.07) is 10.6. The highest BCUT2D eigenvalue weighted by molar-refractivity contribution is 7.92. The van der Waals surface area contributed by atoms with E-state index in [-0.39, 0.29) is 33.9 Å². The number of rotatable bonds is 9. The van der Waals surface area contributed by atoms with Crippen molar-refractivity contribution in [3.8, 4) is 5.75 Å². The maximum absolute atomic E-state index is 13.0. The van der Waals surface area contributed by atoms with Gasteiger partial charge in [-0.15, -0.1) is 0 Å². The summed E-state index contributed by atoms with van der Waals surface area (Å²) in [7, 11) is -3.56. The first kappa shape index (κ1) is 34.1. The molecular weight excluding hydrogens is 614 g/mol. The average molecular weight is 656 g/mol. The van der Waals surface area contributed by atoms with Crippen LogP contribution in [0.25, 0.3) is 5.57 Å². The van der Waals surface area contributed by atoms with Gasteiger partial charge in [0.25, 0.3) is 0 Å². The molecule has 2 aromatic carbocycles. The second kappa shape index (κ2) is 13.7. The smallest absolute Gasteiger partial charge is 0.410 e. The molecule has 242 valence electrons. The molecule has 0 saturated carbocycles. The standard InChI is InChI=1S/C33H42ClN5O5S/c1-20(2)43-28-18-24(23-13-15-39(16-14-23)32(40)44-33(6,7)8)22(5)17-27(28)37-31-35-19-25(34)30(38-31)36-26-11-9-10-12-29(26)45(41,42)21(3)4/h9-13,17-21H,14-16H2,1-8H3,(H2,35,36,37,38). The average Bonchev–Trinajstić information content (AvgIpc) is 2.95. The highest BCUT2D eigenvalue weighted by atomic mass is 35.5. The lowest BCUT2D eigenvalue weighted by atomic mass is 9.94. The normalized spacial score (nSPS) is 13.9. The van der Waals surface area contributed by atoms with Crippen molar-refractivity contribution in [2.24, 2.45) is 0 Å². The molecular formula is C33H42ClN5O5S. The predicted octanol–water partition coefficient (Wildman–Crippen LogP) is 7.92. The largest absolute Gasteiger partial charge is 0.489 e. The number of hydrogen-bond donors (Lipinski definition) is 2. The van der Waals surface area contributed by atoms with Crippen molar-refractivity contribution in [3.05, 3.63) is 64.8 Å². The summed E-state index contributed by atoms with van der Waals surface area (Å²) in [4.78, 5) is 23.3. The fraction of sp³-hybridized carbons (Fsp3) is 0.424. The zero-order valence-electron chi connectivity index (χ0n) is 27.1. The van der Waals surface area contributed by atoms with Gasteiger partial charge in [0.05, 0.1) is 33.8 Å². The van der Waals surface area contributed by atoms with Crippen LogP contribution in [0.1, 0.15) is 66.0 Å². The van der Waals surface area contributed by atoms with Gasteiger partial charge in [-0.25, -0.2) is 18.2 Å². The molecule has 2 heterocycles. The van der Waals surface area contributed by atoms with Crippen molar-refractivity contribution >= 4 is 56.2 Å². The van der Waals surface area contributed by atoms with Crippen molar-refractivity contribution in [3.63, 3.8) is 0 Å². The van der Waals surface area contributed by atoms with E-state index in [9.17, 15) is 13.2 Å². The van der Waals surface area contributed by atoms with E-state index in [1.807, 2.05) is 53.7 Å². The number of nitrogens with one attached hydrogen (secondary N) is 2. The lowest BCUT2D eigenvalue weighted by molar-refractivity contribution is 0.0270. The number of aromatic nitrogens is 2. The molecule has 2 N–H and O–H groups in total. The van der Waals surface area contributed by atoms with E-state index in [0.717, 1.165) is 16.7 Å². The van der Waals surface area contributed by atoms with Gasteiger partial charge < -0.3 is 25.0 Å². The number of sulfone groups is 1.